The number of halogens is 1. The normalized spacial score (nSPS) is 13.3. The maximum absolute atomic E-state index is 4.24. The fraction of sp³-hybridized carbons (Fsp3) is 0.533. The van der Waals surface area contributed by atoms with Gasteiger partial charge in [0.2, 0.25) is 0 Å². The third kappa shape index (κ3) is 8.68. The van der Waals surface area contributed by atoms with Gasteiger partial charge in [-0.25, -0.2) is 0 Å². The number of nitrogens with one attached hydrogen (secondary N) is 2. The topological polar surface area (TPSA) is 36.4 Å². The molecule has 0 aliphatic heterocycles. The lowest BCUT2D eigenvalue weighted by Gasteiger charge is -2.24. The van der Waals surface area contributed by atoms with E-state index >= 15 is 0 Å². The number of guanidine groups is 1. The van der Waals surface area contributed by atoms with Crippen molar-refractivity contribution in [2.45, 2.75) is 43.4 Å². The zero-order valence-corrected chi connectivity index (χ0v) is 16.1. The van der Waals surface area contributed by atoms with Crippen molar-refractivity contribution in [2.24, 2.45) is 4.99 Å². The van der Waals surface area contributed by atoms with Crippen LogP contribution in [0.25, 0.3) is 0 Å². The van der Waals surface area contributed by atoms with Crippen molar-refractivity contribution in [2.75, 3.05) is 13.6 Å². The molecule has 1 aromatic rings. The molecule has 0 aliphatic rings. The lowest BCUT2D eigenvalue weighted by atomic mass is 10.1. The van der Waals surface area contributed by atoms with Gasteiger partial charge < -0.3 is 10.6 Å². The van der Waals surface area contributed by atoms with E-state index in [0.29, 0.717) is 5.25 Å². The molecule has 1 aromatic carbocycles. The molecule has 1 rings (SSSR count). The molecule has 0 radical (unpaired) electrons. The van der Waals surface area contributed by atoms with E-state index < -0.39 is 0 Å². The molecule has 0 spiro atoms. The predicted molar refractivity (Wildman–Crippen MR) is 101 cm³/mol. The van der Waals surface area contributed by atoms with Crippen molar-refractivity contribution in [3.8, 4) is 0 Å². The Balaban J connectivity index is 0.00000361. The quantitative estimate of drug-likeness (QED) is 0.346. The summed E-state index contributed by atoms with van der Waals surface area (Å²) in [6.07, 6.45) is 0. The first-order chi connectivity index (χ1) is 8.90. The van der Waals surface area contributed by atoms with Gasteiger partial charge >= 0.3 is 0 Å². The number of hydrogen-bond donors (Lipinski definition) is 2. The first kappa shape index (κ1) is 19.6. The maximum atomic E-state index is 4.24. The summed E-state index contributed by atoms with van der Waals surface area (Å²) in [6, 6.07) is 10.5. The summed E-state index contributed by atoms with van der Waals surface area (Å²) in [4.78, 5) is 5.54. The number of thioether (sulfide) groups is 1. The highest BCUT2D eigenvalue weighted by Gasteiger charge is 2.12. The number of nitrogens with zero attached hydrogens (tertiary/aromatic N) is 1. The van der Waals surface area contributed by atoms with Gasteiger partial charge in [-0.1, -0.05) is 25.1 Å². The third-order valence-electron chi connectivity index (χ3n) is 2.35. The van der Waals surface area contributed by atoms with Crippen LogP contribution in [0.1, 0.15) is 27.7 Å². The number of aliphatic imine (C=N–C) groups is 1. The second-order valence-electron chi connectivity index (χ2n) is 5.57. The average molecular weight is 407 g/mol. The Morgan fingerprint density at radius 1 is 1.25 bits per heavy atom. The summed E-state index contributed by atoms with van der Waals surface area (Å²) in [5, 5.41) is 7.21. The van der Waals surface area contributed by atoms with Crippen LogP contribution < -0.4 is 10.6 Å². The molecule has 114 valence electrons. The van der Waals surface area contributed by atoms with E-state index in [0.717, 1.165) is 12.5 Å². The van der Waals surface area contributed by atoms with Crippen LogP contribution in [0.2, 0.25) is 0 Å². The molecule has 0 heterocycles. The Morgan fingerprint density at radius 3 is 2.35 bits per heavy atom. The van der Waals surface area contributed by atoms with Gasteiger partial charge in [0, 0.05) is 29.3 Å². The molecule has 5 heteroatoms. The van der Waals surface area contributed by atoms with Crippen LogP contribution in [0.4, 0.5) is 0 Å². The standard InChI is InChI=1S/C15H25N3S.HI/c1-12(19-13-9-7-6-8-10-13)11-17-14(16-5)18-15(2,3)4;/h6-10,12H,11H2,1-5H3,(H2,16,17,18);1H. The molecule has 2 N–H and O–H groups in total. The molecule has 0 aromatic heterocycles. The Hall–Kier alpha value is -0.430. The number of rotatable bonds is 4. The molecule has 0 saturated heterocycles. The smallest absolute Gasteiger partial charge is 0.191 e. The van der Waals surface area contributed by atoms with Crippen LogP contribution in [-0.2, 0) is 0 Å². The molecular weight excluding hydrogens is 381 g/mol. The lowest BCUT2D eigenvalue weighted by molar-refractivity contribution is 0.501. The Labute approximate surface area is 144 Å². The highest BCUT2D eigenvalue weighted by Crippen LogP contribution is 2.21. The monoisotopic (exact) mass is 407 g/mol. The molecule has 0 bridgehead atoms. The molecule has 1 unspecified atom stereocenters. The molecular formula is C15H26IN3S. The van der Waals surface area contributed by atoms with Crippen LogP contribution in [0.3, 0.4) is 0 Å². The van der Waals surface area contributed by atoms with Crippen molar-refractivity contribution in [3.63, 3.8) is 0 Å². The van der Waals surface area contributed by atoms with Crippen molar-refractivity contribution in [3.05, 3.63) is 30.3 Å². The summed E-state index contributed by atoms with van der Waals surface area (Å²) < 4.78 is 0. The number of benzene rings is 1. The summed E-state index contributed by atoms with van der Waals surface area (Å²) >= 11 is 1.87. The molecule has 1 atom stereocenters. The highest BCUT2D eigenvalue weighted by atomic mass is 127. The van der Waals surface area contributed by atoms with Gasteiger partial charge in [-0.15, -0.1) is 35.7 Å². The Bertz CT molecular complexity index is 401. The maximum Gasteiger partial charge on any atom is 0.191 e. The van der Waals surface area contributed by atoms with E-state index in [1.54, 1.807) is 7.05 Å². The van der Waals surface area contributed by atoms with Gasteiger partial charge in [0.05, 0.1) is 0 Å². The van der Waals surface area contributed by atoms with Gasteiger partial charge in [0.1, 0.15) is 0 Å². The minimum absolute atomic E-state index is 0. The van der Waals surface area contributed by atoms with E-state index in [1.807, 2.05) is 17.8 Å². The molecule has 0 fully saturated rings. The highest BCUT2D eigenvalue weighted by molar-refractivity contribution is 14.0. The van der Waals surface area contributed by atoms with E-state index in [1.165, 1.54) is 4.90 Å². The van der Waals surface area contributed by atoms with Crippen LogP contribution in [-0.4, -0.2) is 30.3 Å². The summed E-state index contributed by atoms with van der Waals surface area (Å²) in [6.45, 7) is 9.48. The van der Waals surface area contributed by atoms with E-state index in [4.69, 9.17) is 0 Å². The predicted octanol–water partition coefficient (Wildman–Crippen LogP) is 3.75. The zero-order chi connectivity index (χ0) is 14.3. The Morgan fingerprint density at radius 2 is 1.85 bits per heavy atom. The second kappa shape index (κ2) is 9.50. The first-order valence-corrected chi connectivity index (χ1v) is 7.49. The van der Waals surface area contributed by atoms with Crippen LogP contribution in [0.15, 0.2) is 40.2 Å². The van der Waals surface area contributed by atoms with Gasteiger partial charge in [0.25, 0.3) is 0 Å². The van der Waals surface area contributed by atoms with Crippen molar-refractivity contribution < 1.29 is 0 Å². The third-order valence-corrected chi connectivity index (χ3v) is 3.47. The van der Waals surface area contributed by atoms with Crippen LogP contribution in [0, 0.1) is 0 Å². The van der Waals surface area contributed by atoms with Gasteiger partial charge in [-0.2, -0.15) is 0 Å². The van der Waals surface area contributed by atoms with Gasteiger partial charge in [0.15, 0.2) is 5.96 Å². The van der Waals surface area contributed by atoms with Crippen LogP contribution in [0.5, 0.6) is 0 Å². The minimum Gasteiger partial charge on any atom is -0.355 e. The SMILES string of the molecule is CN=C(NCC(C)Sc1ccccc1)NC(C)(C)C.I. The largest absolute Gasteiger partial charge is 0.355 e. The summed E-state index contributed by atoms with van der Waals surface area (Å²) in [7, 11) is 1.80. The average Bonchev–Trinajstić information content (AvgIpc) is 2.34. The fourth-order valence-electron chi connectivity index (χ4n) is 1.55. The zero-order valence-electron chi connectivity index (χ0n) is 12.9. The fourth-order valence-corrected chi connectivity index (χ4v) is 2.49. The van der Waals surface area contributed by atoms with Crippen molar-refractivity contribution >= 4 is 41.7 Å². The molecule has 0 aliphatic carbocycles. The summed E-state index contributed by atoms with van der Waals surface area (Å²) in [5.74, 6) is 0.855. The summed E-state index contributed by atoms with van der Waals surface area (Å²) in [5.41, 5.74) is 0.0255. The van der Waals surface area contributed by atoms with E-state index in [-0.39, 0.29) is 29.5 Å². The molecule has 3 nitrogen and oxygen atoms in total. The van der Waals surface area contributed by atoms with Crippen LogP contribution >= 0.6 is 35.7 Å². The second-order valence-corrected chi connectivity index (χ2v) is 7.08. The Kier molecular flexibility index (Phi) is 9.29. The van der Waals surface area contributed by atoms with Gasteiger partial charge in [-0.3, -0.25) is 4.99 Å². The molecule has 0 saturated carbocycles. The van der Waals surface area contributed by atoms with Crippen molar-refractivity contribution in [1.29, 1.82) is 0 Å². The molecule has 20 heavy (non-hydrogen) atoms. The van der Waals surface area contributed by atoms with Crippen molar-refractivity contribution in [1.82, 2.24) is 10.6 Å². The first-order valence-electron chi connectivity index (χ1n) is 6.61. The number of hydrogen-bond acceptors (Lipinski definition) is 2. The van der Waals surface area contributed by atoms with Gasteiger partial charge in [-0.05, 0) is 32.9 Å². The molecule has 0 amide bonds. The van der Waals surface area contributed by atoms with E-state index in [2.05, 4.69) is 67.6 Å². The van der Waals surface area contributed by atoms with E-state index in [9.17, 15) is 0 Å². The lowest BCUT2D eigenvalue weighted by Crippen LogP contribution is -2.48. The minimum atomic E-state index is 0.